The van der Waals surface area contributed by atoms with E-state index >= 15 is 0 Å². The summed E-state index contributed by atoms with van der Waals surface area (Å²) in [5, 5.41) is 3.49. The molecule has 0 radical (unpaired) electrons. The predicted molar refractivity (Wildman–Crippen MR) is 109 cm³/mol. The molecule has 2 amide bonds. The number of nitrogens with zero attached hydrogens (tertiary/aromatic N) is 3. The van der Waals surface area contributed by atoms with Gasteiger partial charge < -0.3 is 10.2 Å². The Morgan fingerprint density at radius 1 is 1.11 bits per heavy atom. The van der Waals surface area contributed by atoms with Crippen molar-refractivity contribution in [3.05, 3.63) is 64.7 Å². The molecule has 28 heavy (non-hydrogen) atoms. The van der Waals surface area contributed by atoms with Crippen molar-refractivity contribution in [3.63, 3.8) is 0 Å². The SMILES string of the molecule is Cc1cc(Cl)ccc1NC(=O)c1nc(C(=O)N2CCCCC2)n2ccccc12. The molecule has 2 aromatic heterocycles. The van der Waals surface area contributed by atoms with Gasteiger partial charge in [0, 0.05) is 30.0 Å². The number of hydrogen-bond donors (Lipinski definition) is 1. The molecule has 0 spiro atoms. The monoisotopic (exact) mass is 396 g/mol. The number of aryl methyl sites for hydroxylation is 1. The van der Waals surface area contributed by atoms with Gasteiger partial charge in [-0.25, -0.2) is 4.98 Å². The Labute approximate surface area is 168 Å². The lowest BCUT2D eigenvalue weighted by atomic mass is 10.1. The zero-order valence-corrected chi connectivity index (χ0v) is 16.4. The number of amides is 2. The summed E-state index contributed by atoms with van der Waals surface area (Å²) in [6.45, 7) is 3.33. The third-order valence-electron chi connectivity index (χ3n) is 5.03. The fraction of sp³-hybridized carbons (Fsp3) is 0.286. The van der Waals surface area contributed by atoms with Crippen molar-refractivity contribution in [2.75, 3.05) is 18.4 Å². The number of pyridine rings is 1. The number of hydrogen-bond acceptors (Lipinski definition) is 3. The number of likely N-dealkylation sites (tertiary alicyclic amines) is 1. The van der Waals surface area contributed by atoms with E-state index in [1.165, 1.54) is 0 Å². The molecule has 7 heteroatoms. The van der Waals surface area contributed by atoms with E-state index < -0.39 is 0 Å². The van der Waals surface area contributed by atoms with Crippen LogP contribution in [0.3, 0.4) is 0 Å². The summed E-state index contributed by atoms with van der Waals surface area (Å²) in [6.07, 6.45) is 4.90. The molecule has 4 rings (SSSR count). The molecule has 6 nitrogen and oxygen atoms in total. The summed E-state index contributed by atoms with van der Waals surface area (Å²) >= 11 is 5.99. The van der Waals surface area contributed by atoms with Crippen LogP contribution in [0.5, 0.6) is 0 Å². The van der Waals surface area contributed by atoms with Crippen LogP contribution in [-0.2, 0) is 0 Å². The predicted octanol–water partition coefficient (Wildman–Crippen LogP) is 4.17. The molecule has 0 unspecified atom stereocenters. The Bertz CT molecular complexity index is 1050. The molecule has 1 aliphatic heterocycles. The highest BCUT2D eigenvalue weighted by molar-refractivity contribution is 6.30. The van der Waals surface area contributed by atoms with Crippen molar-refractivity contribution in [1.29, 1.82) is 0 Å². The molecule has 0 aliphatic carbocycles. The molecular formula is C21H21ClN4O2. The van der Waals surface area contributed by atoms with Crippen molar-refractivity contribution in [1.82, 2.24) is 14.3 Å². The van der Waals surface area contributed by atoms with Gasteiger partial charge >= 0.3 is 0 Å². The first-order valence-corrected chi connectivity index (χ1v) is 9.76. The van der Waals surface area contributed by atoms with Crippen LogP contribution < -0.4 is 5.32 Å². The van der Waals surface area contributed by atoms with Gasteiger partial charge in [0.25, 0.3) is 11.8 Å². The molecule has 0 saturated carbocycles. The summed E-state index contributed by atoms with van der Waals surface area (Å²) in [7, 11) is 0. The number of aromatic nitrogens is 2. The van der Waals surface area contributed by atoms with Gasteiger partial charge in [-0.1, -0.05) is 17.7 Å². The van der Waals surface area contributed by atoms with E-state index in [9.17, 15) is 9.59 Å². The smallest absolute Gasteiger partial charge is 0.290 e. The van der Waals surface area contributed by atoms with Gasteiger partial charge in [0.05, 0.1) is 5.52 Å². The minimum atomic E-state index is -0.355. The average molecular weight is 397 g/mol. The van der Waals surface area contributed by atoms with Crippen LogP contribution in [0.15, 0.2) is 42.6 Å². The number of halogens is 1. The molecule has 1 fully saturated rings. The maximum absolute atomic E-state index is 13.0. The summed E-state index contributed by atoms with van der Waals surface area (Å²) in [5.74, 6) is -0.218. The first-order valence-electron chi connectivity index (χ1n) is 9.38. The Morgan fingerprint density at radius 2 is 1.89 bits per heavy atom. The minimum Gasteiger partial charge on any atom is -0.336 e. The van der Waals surface area contributed by atoms with Crippen LogP contribution in [0, 0.1) is 6.92 Å². The van der Waals surface area contributed by atoms with E-state index in [2.05, 4.69) is 10.3 Å². The van der Waals surface area contributed by atoms with Crippen LogP contribution in [0.2, 0.25) is 5.02 Å². The van der Waals surface area contributed by atoms with Gasteiger partial charge in [-0.05, 0) is 62.1 Å². The molecule has 3 aromatic rings. The van der Waals surface area contributed by atoms with Crippen molar-refractivity contribution in [2.45, 2.75) is 26.2 Å². The highest BCUT2D eigenvalue weighted by Gasteiger charge is 2.26. The van der Waals surface area contributed by atoms with Crippen molar-refractivity contribution < 1.29 is 9.59 Å². The van der Waals surface area contributed by atoms with Crippen LogP contribution in [0.4, 0.5) is 5.69 Å². The standard InChI is InChI=1S/C21H21ClN4O2/c1-14-13-15(22)8-9-16(14)23-20(27)18-17-7-3-6-12-26(17)19(24-18)21(28)25-10-4-2-5-11-25/h3,6-9,12-13H,2,4-5,10-11H2,1H3,(H,23,27). The Hall–Kier alpha value is -2.86. The molecule has 3 heterocycles. The van der Waals surface area contributed by atoms with Crippen LogP contribution in [-0.4, -0.2) is 39.2 Å². The first kappa shape index (κ1) is 18.5. The normalized spacial score (nSPS) is 14.3. The number of carbonyl (C=O) groups is 2. The van der Waals surface area contributed by atoms with E-state index in [0.717, 1.165) is 37.9 Å². The molecule has 0 atom stereocenters. The number of imidazole rings is 1. The van der Waals surface area contributed by atoms with E-state index in [-0.39, 0.29) is 23.3 Å². The number of benzene rings is 1. The Morgan fingerprint density at radius 3 is 2.64 bits per heavy atom. The quantitative estimate of drug-likeness (QED) is 0.722. The molecular weight excluding hydrogens is 376 g/mol. The molecule has 1 aromatic carbocycles. The maximum Gasteiger partial charge on any atom is 0.290 e. The minimum absolute atomic E-state index is 0.136. The Balaban J connectivity index is 1.69. The van der Waals surface area contributed by atoms with E-state index in [4.69, 9.17) is 11.6 Å². The molecule has 1 N–H and O–H groups in total. The van der Waals surface area contributed by atoms with Gasteiger partial charge in [-0.15, -0.1) is 0 Å². The zero-order valence-electron chi connectivity index (χ0n) is 15.6. The summed E-state index contributed by atoms with van der Waals surface area (Å²) in [5.41, 5.74) is 2.35. The number of anilines is 1. The summed E-state index contributed by atoms with van der Waals surface area (Å²) < 4.78 is 1.70. The van der Waals surface area contributed by atoms with E-state index in [1.54, 1.807) is 34.9 Å². The second-order valence-corrected chi connectivity index (χ2v) is 7.44. The number of piperidine rings is 1. The van der Waals surface area contributed by atoms with Gasteiger partial charge in [-0.3, -0.25) is 14.0 Å². The zero-order chi connectivity index (χ0) is 19.7. The fourth-order valence-corrected chi connectivity index (χ4v) is 3.77. The topological polar surface area (TPSA) is 66.7 Å². The van der Waals surface area contributed by atoms with E-state index in [0.29, 0.717) is 16.2 Å². The highest BCUT2D eigenvalue weighted by atomic mass is 35.5. The highest BCUT2D eigenvalue weighted by Crippen LogP contribution is 2.22. The van der Waals surface area contributed by atoms with Crippen molar-refractivity contribution >= 4 is 34.6 Å². The third kappa shape index (κ3) is 3.47. The van der Waals surface area contributed by atoms with E-state index in [1.807, 2.05) is 24.0 Å². The molecule has 0 bridgehead atoms. The third-order valence-corrected chi connectivity index (χ3v) is 5.27. The van der Waals surface area contributed by atoms with Crippen LogP contribution in [0.1, 0.15) is 45.9 Å². The van der Waals surface area contributed by atoms with Gasteiger partial charge in [0.1, 0.15) is 0 Å². The molecule has 144 valence electrons. The van der Waals surface area contributed by atoms with Gasteiger partial charge in [0.15, 0.2) is 5.69 Å². The molecule has 1 saturated heterocycles. The van der Waals surface area contributed by atoms with Crippen molar-refractivity contribution in [3.8, 4) is 0 Å². The van der Waals surface area contributed by atoms with Crippen molar-refractivity contribution in [2.24, 2.45) is 0 Å². The number of carbonyl (C=O) groups excluding carboxylic acids is 2. The lowest BCUT2D eigenvalue weighted by Gasteiger charge is -2.25. The lowest BCUT2D eigenvalue weighted by molar-refractivity contribution is 0.0711. The number of rotatable bonds is 3. The lowest BCUT2D eigenvalue weighted by Crippen LogP contribution is -2.36. The second kappa shape index (κ2) is 7.64. The van der Waals surface area contributed by atoms with Crippen LogP contribution >= 0.6 is 11.6 Å². The molecule has 1 aliphatic rings. The van der Waals surface area contributed by atoms with Gasteiger partial charge in [0.2, 0.25) is 5.82 Å². The Kier molecular flexibility index (Phi) is 5.05. The second-order valence-electron chi connectivity index (χ2n) is 7.01. The van der Waals surface area contributed by atoms with Gasteiger partial charge in [-0.2, -0.15) is 0 Å². The summed E-state index contributed by atoms with van der Waals surface area (Å²) in [6, 6.07) is 10.7. The fourth-order valence-electron chi connectivity index (χ4n) is 3.54. The maximum atomic E-state index is 13.0. The number of nitrogens with one attached hydrogen (secondary N) is 1. The number of fused-ring (bicyclic) bond motifs is 1. The summed E-state index contributed by atoms with van der Waals surface area (Å²) in [4.78, 5) is 32.2. The van der Waals surface area contributed by atoms with Crippen LogP contribution in [0.25, 0.3) is 5.52 Å². The average Bonchev–Trinajstić information content (AvgIpc) is 3.10. The first-order chi connectivity index (χ1) is 13.5. The largest absolute Gasteiger partial charge is 0.336 e.